The lowest BCUT2D eigenvalue weighted by molar-refractivity contribution is -0.274. The fourth-order valence-electron chi connectivity index (χ4n) is 2.61. The smallest absolute Gasteiger partial charge is 0.404 e. The molecule has 1 aromatic carbocycles. The molecule has 23 heavy (non-hydrogen) atoms. The monoisotopic (exact) mass is 374 g/mol. The summed E-state index contributed by atoms with van der Waals surface area (Å²) >= 11 is 5.90. The van der Waals surface area contributed by atoms with Crippen molar-refractivity contribution in [1.82, 2.24) is 10.2 Å². The number of nitrogens with zero attached hydrogens (tertiary/aromatic N) is 1. The predicted octanol–water partition coefficient (Wildman–Crippen LogP) is 2.99. The molecule has 0 saturated carbocycles. The van der Waals surface area contributed by atoms with Crippen molar-refractivity contribution in [2.75, 3.05) is 32.8 Å². The molecular formula is C14H19Cl2F3N2O2. The number of ether oxygens (including phenoxy) is 1. The molecule has 2 rings (SSSR count). The van der Waals surface area contributed by atoms with Crippen LogP contribution in [0.15, 0.2) is 18.2 Å². The topological polar surface area (TPSA) is 44.7 Å². The van der Waals surface area contributed by atoms with E-state index in [0.717, 1.165) is 31.7 Å². The van der Waals surface area contributed by atoms with E-state index >= 15 is 0 Å². The molecule has 132 valence electrons. The maximum Gasteiger partial charge on any atom is 0.573 e. The van der Waals surface area contributed by atoms with Gasteiger partial charge in [0.25, 0.3) is 0 Å². The summed E-state index contributed by atoms with van der Waals surface area (Å²) in [4.78, 5) is 2.18. The minimum atomic E-state index is -4.77. The summed E-state index contributed by atoms with van der Waals surface area (Å²) in [5, 5.41) is 12.4. The first-order valence-electron chi connectivity index (χ1n) is 7.01. The normalized spacial score (nSPS) is 17.4. The third kappa shape index (κ3) is 6.00. The molecule has 1 atom stereocenters. The van der Waals surface area contributed by atoms with Crippen LogP contribution in [0.3, 0.4) is 0 Å². The molecule has 4 nitrogen and oxygen atoms in total. The Morgan fingerprint density at radius 1 is 1.30 bits per heavy atom. The lowest BCUT2D eigenvalue weighted by atomic mass is 10.0. The van der Waals surface area contributed by atoms with E-state index < -0.39 is 12.1 Å². The summed E-state index contributed by atoms with van der Waals surface area (Å²) in [5.74, 6) is -0.416. The number of piperazine rings is 1. The van der Waals surface area contributed by atoms with Gasteiger partial charge in [-0.2, -0.15) is 0 Å². The van der Waals surface area contributed by atoms with Crippen LogP contribution < -0.4 is 10.1 Å². The molecule has 0 bridgehead atoms. The average Bonchev–Trinajstić information content (AvgIpc) is 2.47. The van der Waals surface area contributed by atoms with E-state index in [1.807, 2.05) is 0 Å². The van der Waals surface area contributed by atoms with Crippen molar-refractivity contribution in [3.63, 3.8) is 0 Å². The Morgan fingerprint density at radius 3 is 2.48 bits per heavy atom. The Bertz CT molecular complexity index is 497. The number of hydrogen-bond acceptors (Lipinski definition) is 4. The second-order valence-corrected chi connectivity index (χ2v) is 5.46. The van der Waals surface area contributed by atoms with Crippen LogP contribution in [0, 0.1) is 0 Å². The summed E-state index contributed by atoms with van der Waals surface area (Å²) in [6.07, 6.45) is -4.27. The van der Waals surface area contributed by atoms with Gasteiger partial charge in [-0.3, -0.25) is 4.90 Å². The highest BCUT2D eigenvalue weighted by Gasteiger charge is 2.32. The molecule has 1 saturated heterocycles. The highest BCUT2D eigenvalue weighted by molar-refractivity contribution is 6.32. The predicted molar refractivity (Wildman–Crippen MR) is 84.3 cm³/mol. The fraction of sp³-hybridized carbons (Fsp3) is 0.571. The van der Waals surface area contributed by atoms with Gasteiger partial charge in [-0.15, -0.1) is 25.6 Å². The van der Waals surface area contributed by atoms with E-state index in [1.54, 1.807) is 6.07 Å². The third-order valence-electron chi connectivity index (χ3n) is 3.56. The molecule has 0 unspecified atom stereocenters. The average molecular weight is 375 g/mol. The quantitative estimate of drug-likeness (QED) is 0.831. The van der Waals surface area contributed by atoms with Crippen molar-refractivity contribution in [1.29, 1.82) is 0 Å². The SMILES string of the molecule is Cl.OCC[C@H](c1ccc(OC(F)(F)F)c(Cl)c1)N1CCNCC1. The van der Waals surface area contributed by atoms with Crippen molar-refractivity contribution >= 4 is 24.0 Å². The zero-order valence-corrected chi connectivity index (χ0v) is 13.8. The van der Waals surface area contributed by atoms with Crippen LogP contribution in [0.5, 0.6) is 5.75 Å². The number of nitrogens with one attached hydrogen (secondary N) is 1. The molecule has 1 aromatic rings. The van der Waals surface area contributed by atoms with Crippen LogP contribution in [0.1, 0.15) is 18.0 Å². The summed E-state index contributed by atoms with van der Waals surface area (Å²) in [5.41, 5.74) is 0.774. The van der Waals surface area contributed by atoms with Crippen LogP contribution in [0.4, 0.5) is 13.2 Å². The van der Waals surface area contributed by atoms with Crippen LogP contribution >= 0.6 is 24.0 Å². The van der Waals surface area contributed by atoms with Gasteiger partial charge in [0, 0.05) is 38.8 Å². The number of alkyl halides is 3. The standard InChI is InChI=1S/C14H18ClF3N2O2.ClH/c15-11-9-10(1-2-13(11)22-14(16,17)18)12(3-8-21)20-6-4-19-5-7-20;/h1-2,9,12,19,21H,3-8H2;1H/t12-;/m1./s1. The Kier molecular flexibility index (Phi) is 7.89. The molecule has 9 heteroatoms. The highest BCUT2D eigenvalue weighted by atomic mass is 35.5. The summed E-state index contributed by atoms with van der Waals surface area (Å²) < 4.78 is 40.7. The summed E-state index contributed by atoms with van der Waals surface area (Å²) in [6.45, 7) is 3.29. The van der Waals surface area contributed by atoms with Crippen molar-refractivity contribution in [2.45, 2.75) is 18.8 Å². The Hall–Kier alpha value is -0.730. The van der Waals surface area contributed by atoms with Gasteiger partial charge in [-0.05, 0) is 24.1 Å². The van der Waals surface area contributed by atoms with E-state index in [9.17, 15) is 18.3 Å². The molecule has 0 aromatic heterocycles. The number of rotatable bonds is 5. The Morgan fingerprint density at radius 2 is 1.96 bits per heavy atom. The molecule has 0 radical (unpaired) electrons. The first kappa shape index (κ1) is 20.3. The van der Waals surface area contributed by atoms with Crippen molar-refractivity contribution < 1.29 is 23.0 Å². The lowest BCUT2D eigenvalue weighted by Crippen LogP contribution is -2.45. The van der Waals surface area contributed by atoms with Gasteiger partial charge in [-0.25, -0.2) is 0 Å². The van der Waals surface area contributed by atoms with Crippen LogP contribution in [-0.2, 0) is 0 Å². The zero-order valence-electron chi connectivity index (χ0n) is 12.3. The molecule has 2 N–H and O–H groups in total. The molecule has 1 fully saturated rings. The number of hydrogen-bond donors (Lipinski definition) is 2. The summed E-state index contributed by atoms with van der Waals surface area (Å²) in [7, 11) is 0. The molecule has 1 aliphatic heterocycles. The molecule has 1 heterocycles. The van der Waals surface area contributed by atoms with Crippen LogP contribution in [0.2, 0.25) is 5.02 Å². The number of benzene rings is 1. The number of halogens is 5. The molecule has 0 spiro atoms. The lowest BCUT2D eigenvalue weighted by Gasteiger charge is -2.35. The van der Waals surface area contributed by atoms with E-state index in [4.69, 9.17) is 11.6 Å². The van der Waals surface area contributed by atoms with Crippen LogP contribution in [0.25, 0.3) is 0 Å². The molecule has 0 amide bonds. The first-order chi connectivity index (χ1) is 10.4. The van der Waals surface area contributed by atoms with Gasteiger partial charge >= 0.3 is 6.36 Å². The molecule has 1 aliphatic rings. The Labute approximate surface area is 144 Å². The van der Waals surface area contributed by atoms with Gasteiger partial charge in [0.05, 0.1) is 5.02 Å². The molecule has 0 aliphatic carbocycles. The second-order valence-electron chi connectivity index (χ2n) is 5.05. The van der Waals surface area contributed by atoms with Crippen molar-refractivity contribution in [2.24, 2.45) is 0 Å². The van der Waals surface area contributed by atoms with Crippen LogP contribution in [-0.4, -0.2) is 49.2 Å². The zero-order chi connectivity index (χ0) is 16.2. The number of aliphatic hydroxyl groups is 1. The van der Waals surface area contributed by atoms with Gasteiger partial charge in [0.2, 0.25) is 0 Å². The minimum absolute atomic E-state index is 0. The van der Waals surface area contributed by atoms with E-state index in [2.05, 4.69) is 15.0 Å². The van der Waals surface area contributed by atoms with Gasteiger partial charge in [-0.1, -0.05) is 17.7 Å². The van der Waals surface area contributed by atoms with Gasteiger partial charge in [0.15, 0.2) is 0 Å². The summed E-state index contributed by atoms with van der Waals surface area (Å²) in [6, 6.07) is 4.18. The van der Waals surface area contributed by atoms with Gasteiger partial charge < -0.3 is 15.2 Å². The third-order valence-corrected chi connectivity index (χ3v) is 3.86. The maximum atomic E-state index is 12.3. The highest BCUT2D eigenvalue weighted by Crippen LogP contribution is 2.34. The maximum absolute atomic E-state index is 12.3. The number of aliphatic hydroxyl groups excluding tert-OH is 1. The minimum Gasteiger partial charge on any atom is -0.404 e. The fourth-order valence-corrected chi connectivity index (χ4v) is 2.84. The van der Waals surface area contributed by atoms with E-state index in [0.29, 0.717) is 6.42 Å². The molecular weight excluding hydrogens is 356 g/mol. The van der Waals surface area contributed by atoms with Crippen molar-refractivity contribution in [3.8, 4) is 5.75 Å². The second kappa shape index (κ2) is 8.94. The first-order valence-corrected chi connectivity index (χ1v) is 7.39. The van der Waals surface area contributed by atoms with Gasteiger partial charge in [0.1, 0.15) is 5.75 Å². The van der Waals surface area contributed by atoms with Crippen molar-refractivity contribution in [3.05, 3.63) is 28.8 Å². The van der Waals surface area contributed by atoms with E-state index in [-0.39, 0.29) is 30.1 Å². The van der Waals surface area contributed by atoms with E-state index in [1.165, 1.54) is 12.1 Å². The Balaban J connectivity index is 0.00000264. The largest absolute Gasteiger partial charge is 0.573 e.